The van der Waals surface area contributed by atoms with Gasteiger partial charge >= 0.3 is 0 Å². The number of anilines is 1. The van der Waals surface area contributed by atoms with Crippen LogP contribution in [-0.2, 0) is 4.79 Å². The van der Waals surface area contributed by atoms with Crippen LogP contribution in [0.3, 0.4) is 0 Å². The summed E-state index contributed by atoms with van der Waals surface area (Å²) in [5.41, 5.74) is 1.17. The van der Waals surface area contributed by atoms with E-state index >= 15 is 0 Å². The van der Waals surface area contributed by atoms with Crippen LogP contribution < -0.4 is 10.1 Å². The van der Waals surface area contributed by atoms with E-state index in [9.17, 15) is 9.59 Å². The van der Waals surface area contributed by atoms with Crippen LogP contribution in [0.15, 0.2) is 18.2 Å². The maximum Gasteiger partial charge on any atom is 0.254 e. The lowest BCUT2D eigenvalue weighted by Crippen LogP contribution is -2.47. The predicted octanol–water partition coefficient (Wildman–Crippen LogP) is 0.795. The second-order valence-electron chi connectivity index (χ2n) is 5.45. The number of fused-ring (bicyclic) bond motifs is 1. The summed E-state index contributed by atoms with van der Waals surface area (Å²) in [5.74, 6) is 0.540. The quantitative estimate of drug-likeness (QED) is 0.830. The predicted molar refractivity (Wildman–Crippen MR) is 78.6 cm³/mol. The van der Waals surface area contributed by atoms with E-state index in [1.54, 1.807) is 18.2 Å². The molecule has 1 fully saturated rings. The Morgan fingerprint density at radius 2 is 2.00 bits per heavy atom. The maximum absolute atomic E-state index is 12.5. The first-order chi connectivity index (χ1) is 10.1. The van der Waals surface area contributed by atoms with Gasteiger partial charge in [0.05, 0.1) is 18.7 Å². The van der Waals surface area contributed by atoms with E-state index < -0.39 is 0 Å². The third-order valence-electron chi connectivity index (χ3n) is 3.88. The molecule has 112 valence electrons. The Balaban J connectivity index is 1.79. The van der Waals surface area contributed by atoms with E-state index in [0.717, 1.165) is 26.2 Å². The molecule has 6 nitrogen and oxygen atoms in total. The van der Waals surface area contributed by atoms with Crippen LogP contribution in [0.5, 0.6) is 5.75 Å². The molecule has 0 atom stereocenters. The molecule has 6 heteroatoms. The van der Waals surface area contributed by atoms with E-state index in [2.05, 4.69) is 17.3 Å². The first kappa shape index (κ1) is 13.9. The molecule has 1 aromatic rings. The molecule has 0 aromatic heterocycles. The summed E-state index contributed by atoms with van der Waals surface area (Å²) in [4.78, 5) is 28.1. The molecule has 2 heterocycles. The zero-order valence-corrected chi connectivity index (χ0v) is 12.1. The number of rotatable bonds is 1. The van der Waals surface area contributed by atoms with Gasteiger partial charge in [-0.3, -0.25) is 9.59 Å². The number of carbonyl (C=O) groups is 2. The second kappa shape index (κ2) is 5.73. The summed E-state index contributed by atoms with van der Waals surface area (Å²) >= 11 is 0. The van der Waals surface area contributed by atoms with Crippen molar-refractivity contribution in [2.45, 2.75) is 6.42 Å². The summed E-state index contributed by atoms with van der Waals surface area (Å²) in [6, 6.07) is 5.22. The number of likely N-dealkylation sites (N-methyl/N-ethyl adjacent to an activating group) is 1. The summed E-state index contributed by atoms with van der Waals surface area (Å²) < 4.78 is 5.50. The topological polar surface area (TPSA) is 61.9 Å². The first-order valence-corrected chi connectivity index (χ1v) is 7.18. The molecular formula is C15H19N3O3. The Bertz CT molecular complexity index is 565. The molecular weight excluding hydrogens is 270 g/mol. The second-order valence-corrected chi connectivity index (χ2v) is 5.45. The van der Waals surface area contributed by atoms with Crippen LogP contribution in [0.2, 0.25) is 0 Å². The van der Waals surface area contributed by atoms with E-state index in [0.29, 0.717) is 30.0 Å². The number of nitrogens with zero attached hydrogens (tertiary/aromatic N) is 2. The smallest absolute Gasteiger partial charge is 0.254 e. The minimum Gasteiger partial charge on any atom is -0.491 e. The minimum atomic E-state index is -0.0852. The van der Waals surface area contributed by atoms with Gasteiger partial charge in [0.2, 0.25) is 5.91 Å². The molecule has 0 saturated carbocycles. The van der Waals surface area contributed by atoms with E-state index in [4.69, 9.17) is 4.74 Å². The van der Waals surface area contributed by atoms with Gasteiger partial charge in [0.1, 0.15) is 5.75 Å². The Labute approximate surface area is 123 Å². The average molecular weight is 289 g/mol. The van der Waals surface area contributed by atoms with Crippen molar-refractivity contribution in [1.82, 2.24) is 9.80 Å². The number of nitrogens with one attached hydrogen (secondary N) is 1. The lowest BCUT2D eigenvalue weighted by molar-refractivity contribution is -0.116. The van der Waals surface area contributed by atoms with Crippen molar-refractivity contribution < 1.29 is 14.3 Å². The van der Waals surface area contributed by atoms with Crippen LogP contribution >= 0.6 is 0 Å². The monoisotopic (exact) mass is 289 g/mol. The average Bonchev–Trinajstić information content (AvgIpc) is 2.67. The van der Waals surface area contributed by atoms with Gasteiger partial charge in [-0.2, -0.15) is 0 Å². The van der Waals surface area contributed by atoms with Crippen molar-refractivity contribution >= 4 is 17.5 Å². The molecule has 0 bridgehead atoms. The Morgan fingerprint density at radius 1 is 1.24 bits per heavy atom. The highest BCUT2D eigenvalue weighted by Gasteiger charge is 2.22. The number of ether oxygens (including phenoxy) is 1. The SMILES string of the molecule is CN1CCN(C(=O)c2ccc3c(c2)NC(=O)CCO3)CC1. The van der Waals surface area contributed by atoms with E-state index in [1.165, 1.54) is 0 Å². The molecule has 0 spiro atoms. The first-order valence-electron chi connectivity index (χ1n) is 7.18. The molecule has 2 amide bonds. The summed E-state index contributed by atoms with van der Waals surface area (Å²) in [7, 11) is 2.05. The zero-order valence-electron chi connectivity index (χ0n) is 12.1. The van der Waals surface area contributed by atoms with Crippen molar-refractivity contribution in [2.24, 2.45) is 0 Å². The number of benzene rings is 1. The number of hydrogen-bond acceptors (Lipinski definition) is 4. The van der Waals surface area contributed by atoms with Crippen LogP contribution in [-0.4, -0.2) is 61.4 Å². The molecule has 2 aliphatic rings. The standard InChI is InChI=1S/C15H19N3O3/c1-17-5-7-18(8-6-17)15(20)11-2-3-13-12(10-11)16-14(19)4-9-21-13/h2-3,10H,4-9H2,1H3,(H,16,19). The molecule has 21 heavy (non-hydrogen) atoms. The number of carbonyl (C=O) groups excluding carboxylic acids is 2. The van der Waals surface area contributed by atoms with E-state index in [-0.39, 0.29) is 11.8 Å². The molecule has 0 unspecified atom stereocenters. The fraction of sp³-hybridized carbons (Fsp3) is 0.467. The Morgan fingerprint density at radius 3 is 2.76 bits per heavy atom. The van der Waals surface area contributed by atoms with Gasteiger partial charge < -0.3 is 19.9 Å². The third kappa shape index (κ3) is 3.00. The van der Waals surface area contributed by atoms with Crippen LogP contribution in [0, 0.1) is 0 Å². The third-order valence-corrected chi connectivity index (χ3v) is 3.88. The number of amides is 2. The van der Waals surface area contributed by atoms with Crippen LogP contribution in [0.1, 0.15) is 16.8 Å². The molecule has 1 saturated heterocycles. The van der Waals surface area contributed by atoms with E-state index in [1.807, 2.05) is 4.90 Å². The summed E-state index contributed by atoms with van der Waals surface area (Å²) in [5, 5.41) is 2.78. The number of hydrogen-bond donors (Lipinski definition) is 1. The van der Waals surface area contributed by atoms with Gasteiger partial charge in [-0.1, -0.05) is 0 Å². The van der Waals surface area contributed by atoms with Crippen molar-refractivity contribution in [2.75, 3.05) is 45.2 Å². The zero-order chi connectivity index (χ0) is 14.8. The van der Waals surface area contributed by atoms with Crippen LogP contribution in [0.4, 0.5) is 5.69 Å². The van der Waals surface area contributed by atoms with Gasteiger partial charge in [-0.15, -0.1) is 0 Å². The largest absolute Gasteiger partial charge is 0.491 e. The summed E-state index contributed by atoms with van der Waals surface area (Å²) in [6.07, 6.45) is 0.330. The van der Waals surface area contributed by atoms with Gasteiger partial charge in [0.15, 0.2) is 0 Å². The fourth-order valence-electron chi connectivity index (χ4n) is 2.55. The molecule has 0 radical (unpaired) electrons. The van der Waals surface area contributed by atoms with Gasteiger partial charge in [-0.05, 0) is 25.2 Å². The molecule has 1 aromatic carbocycles. The highest BCUT2D eigenvalue weighted by Crippen LogP contribution is 2.28. The van der Waals surface area contributed by atoms with Gasteiger partial charge in [0, 0.05) is 31.7 Å². The lowest BCUT2D eigenvalue weighted by Gasteiger charge is -2.32. The van der Waals surface area contributed by atoms with Crippen molar-refractivity contribution in [1.29, 1.82) is 0 Å². The van der Waals surface area contributed by atoms with Crippen molar-refractivity contribution in [3.05, 3.63) is 23.8 Å². The number of piperazine rings is 1. The fourth-order valence-corrected chi connectivity index (χ4v) is 2.55. The van der Waals surface area contributed by atoms with Crippen molar-refractivity contribution in [3.63, 3.8) is 0 Å². The minimum absolute atomic E-state index is 0.00407. The van der Waals surface area contributed by atoms with Crippen molar-refractivity contribution in [3.8, 4) is 5.75 Å². The molecule has 2 aliphatic heterocycles. The normalized spacial score (nSPS) is 19.3. The van der Waals surface area contributed by atoms with Crippen LogP contribution in [0.25, 0.3) is 0 Å². The van der Waals surface area contributed by atoms with Gasteiger partial charge in [0.25, 0.3) is 5.91 Å². The Kier molecular flexibility index (Phi) is 3.79. The lowest BCUT2D eigenvalue weighted by atomic mass is 10.1. The Hall–Kier alpha value is -2.08. The molecule has 1 N–H and O–H groups in total. The highest BCUT2D eigenvalue weighted by molar-refractivity contribution is 5.98. The summed E-state index contributed by atoms with van der Waals surface area (Å²) in [6.45, 7) is 3.60. The molecule has 3 rings (SSSR count). The highest BCUT2D eigenvalue weighted by atomic mass is 16.5. The van der Waals surface area contributed by atoms with Gasteiger partial charge in [-0.25, -0.2) is 0 Å². The maximum atomic E-state index is 12.5. The molecule has 0 aliphatic carbocycles.